The fourth-order valence-electron chi connectivity index (χ4n) is 3.47. The first-order valence-electron chi connectivity index (χ1n) is 10.7. The summed E-state index contributed by atoms with van der Waals surface area (Å²) in [4.78, 5) is 8.38. The number of aryl methyl sites for hydroxylation is 1. The number of hydrogen-bond acceptors (Lipinski definition) is 6. The Bertz CT molecular complexity index is 1580. The van der Waals surface area contributed by atoms with Crippen molar-refractivity contribution in [2.45, 2.75) is 18.4 Å². The van der Waals surface area contributed by atoms with Crippen molar-refractivity contribution in [1.82, 2.24) is 19.7 Å². The normalized spacial score (nSPS) is 11.5. The third-order valence-corrected chi connectivity index (χ3v) is 6.70. The van der Waals surface area contributed by atoms with Crippen molar-refractivity contribution in [2.75, 3.05) is 4.72 Å². The zero-order valence-corrected chi connectivity index (χ0v) is 19.4. The molecule has 0 bridgehead atoms. The zero-order valence-electron chi connectivity index (χ0n) is 18.6. The smallest absolute Gasteiger partial charge is 0.278 e. The van der Waals surface area contributed by atoms with E-state index in [1.165, 1.54) is 18.2 Å². The summed E-state index contributed by atoms with van der Waals surface area (Å²) >= 11 is 0. The third kappa shape index (κ3) is 4.97. The Morgan fingerprint density at radius 2 is 1.74 bits per heavy atom. The number of benzene rings is 3. The SMILES string of the molecule is Cc1ccc(-c2noc(-c3cn(Cc4ccc(NS(=O)(=O)c5ccccc5F)cc4)cn3)n2)cc1. The molecular formula is C25H20FN5O3S. The van der Waals surface area contributed by atoms with Gasteiger partial charge in [0.05, 0.1) is 6.33 Å². The Labute approximate surface area is 201 Å². The van der Waals surface area contributed by atoms with Gasteiger partial charge in [0.15, 0.2) is 0 Å². The van der Waals surface area contributed by atoms with Crippen LogP contribution in [0.15, 0.2) is 94.7 Å². The van der Waals surface area contributed by atoms with E-state index >= 15 is 0 Å². The lowest BCUT2D eigenvalue weighted by atomic mass is 10.1. The average molecular weight is 490 g/mol. The molecule has 5 rings (SSSR count). The lowest BCUT2D eigenvalue weighted by Crippen LogP contribution is -2.14. The zero-order chi connectivity index (χ0) is 24.4. The second-order valence-corrected chi connectivity index (χ2v) is 9.60. The fourth-order valence-corrected chi connectivity index (χ4v) is 4.61. The van der Waals surface area contributed by atoms with Crippen LogP contribution in [-0.4, -0.2) is 28.1 Å². The van der Waals surface area contributed by atoms with E-state index in [1.54, 1.807) is 36.8 Å². The summed E-state index contributed by atoms with van der Waals surface area (Å²) in [5, 5.41) is 4.04. The minimum absolute atomic E-state index is 0.317. The molecule has 0 spiro atoms. The number of nitrogens with one attached hydrogen (secondary N) is 1. The maximum absolute atomic E-state index is 13.9. The summed E-state index contributed by atoms with van der Waals surface area (Å²) in [6.45, 7) is 2.50. The molecule has 0 saturated heterocycles. The van der Waals surface area contributed by atoms with E-state index in [0.29, 0.717) is 29.6 Å². The highest BCUT2D eigenvalue weighted by Gasteiger charge is 2.18. The summed E-state index contributed by atoms with van der Waals surface area (Å²) in [6, 6.07) is 19.9. The van der Waals surface area contributed by atoms with Gasteiger partial charge in [0, 0.05) is 24.0 Å². The van der Waals surface area contributed by atoms with Crippen LogP contribution < -0.4 is 4.72 Å². The molecule has 0 amide bonds. The monoisotopic (exact) mass is 489 g/mol. The Morgan fingerprint density at radius 1 is 1.00 bits per heavy atom. The third-order valence-electron chi connectivity index (χ3n) is 5.29. The summed E-state index contributed by atoms with van der Waals surface area (Å²) in [6.07, 6.45) is 3.45. The number of halogens is 1. The Balaban J connectivity index is 1.26. The van der Waals surface area contributed by atoms with Crippen LogP contribution in [0.5, 0.6) is 0 Å². The van der Waals surface area contributed by atoms with Gasteiger partial charge < -0.3 is 9.09 Å². The summed E-state index contributed by atoms with van der Waals surface area (Å²) < 4.78 is 48.4. The Hall–Kier alpha value is -4.31. The van der Waals surface area contributed by atoms with Gasteiger partial charge in [0.2, 0.25) is 5.82 Å². The van der Waals surface area contributed by atoms with Crippen LogP contribution in [0.3, 0.4) is 0 Å². The molecule has 0 atom stereocenters. The second-order valence-electron chi connectivity index (χ2n) is 7.95. The molecule has 3 aromatic carbocycles. The lowest BCUT2D eigenvalue weighted by molar-refractivity contribution is 0.431. The number of imidazole rings is 1. The maximum Gasteiger partial charge on any atom is 0.278 e. The molecule has 0 unspecified atom stereocenters. The molecule has 2 heterocycles. The van der Waals surface area contributed by atoms with E-state index in [2.05, 4.69) is 19.8 Å². The molecule has 10 heteroatoms. The van der Waals surface area contributed by atoms with E-state index in [9.17, 15) is 12.8 Å². The van der Waals surface area contributed by atoms with Crippen molar-refractivity contribution < 1.29 is 17.3 Å². The molecule has 0 aliphatic rings. The van der Waals surface area contributed by atoms with Gasteiger partial charge in [-0.25, -0.2) is 17.8 Å². The van der Waals surface area contributed by atoms with E-state index in [4.69, 9.17) is 4.52 Å². The van der Waals surface area contributed by atoms with E-state index in [-0.39, 0.29) is 0 Å². The van der Waals surface area contributed by atoms with E-state index in [1.807, 2.05) is 35.8 Å². The Morgan fingerprint density at radius 3 is 2.49 bits per heavy atom. The first kappa shape index (κ1) is 22.5. The van der Waals surface area contributed by atoms with Crippen LogP contribution in [0, 0.1) is 12.7 Å². The van der Waals surface area contributed by atoms with Crippen LogP contribution in [0.4, 0.5) is 10.1 Å². The highest BCUT2D eigenvalue weighted by Crippen LogP contribution is 2.22. The molecule has 0 aliphatic carbocycles. The molecule has 8 nitrogen and oxygen atoms in total. The van der Waals surface area contributed by atoms with Crippen molar-refractivity contribution in [3.05, 3.63) is 102 Å². The van der Waals surface area contributed by atoms with Gasteiger partial charge in [-0.15, -0.1) is 0 Å². The van der Waals surface area contributed by atoms with Gasteiger partial charge >= 0.3 is 0 Å². The lowest BCUT2D eigenvalue weighted by Gasteiger charge is -2.10. The highest BCUT2D eigenvalue weighted by molar-refractivity contribution is 7.92. The second kappa shape index (κ2) is 9.15. The molecule has 1 N–H and O–H groups in total. The van der Waals surface area contributed by atoms with Crippen LogP contribution in [0.1, 0.15) is 11.1 Å². The van der Waals surface area contributed by atoms with Crippen molar-refractivity contribution >= 4 is 15.7 Å². The minimum Gasteiger partial charge on any atom is -0.332 e. The van der Waals surface area contributed by atoms with E-state index < -0.39 is 20.7 Å². The molecule has 2 aromatic heterocycles. The van der Waals surface area contributed by atoms with Crippen molar-refractivity contribution in [2.24, 2.45) is 0 Å². The number of hydrogen-bond donors (Lipinski definition) is 1. The number of sulfonamides is 1. The van der Waals surface area contributed by atoms with Crippen molar-refractivity contribution in [3.63, 3.8) is 0 Å². The largest absolute Gasteiger partial charge is 0.332 e. The number of aromatic nitrogens is 4. The van der Waals surface area contributed by atoms with Gasteiger partial charge in [0.25, 0.3) is 15.9 Å². The summed E-state index contributed by atoms with van der Waals surface area (Å²) in [5.74, 6) is -0.0000332. The molecule has 176 valence electrons. The van der Waals surface area contributed by atoms with Crippen molar-refractivity contribution in [3.8, 4) is 23.0 Å². The molecule has 5 aromatic rings. The van der Waals surface area contributed by atoms with Crippen molar-refractivity contribution in [1.29, 1.82) is 0 Å². The fraction of sp³-hybridized carbons (Fsp3) is 0.0800. The quantitative estimate of drug-likeness (QED) is 0.349. The molecule has 0 fully saturated rings. The van der Waals surface area contributed by atoms with Gasteiger partial charge in [-0.3, -0.25) is 4.72 Å². The molecular weight excluding hydrogens is 469 g/mol. The van der Waals surface area contributed by atoms with Gasteiger partial charge in [-0.1, -0.05) is 59.3 Å². The van der Waals surface area contributed by atoms with Crippen LogP contribution >= 0.6 is 0 Å². The number of anilines is 1. The van der Waals surface area contributed by atoms with E-state index in [0.717, 1.165) is 22.8 Å². The Kier molecular flexibility index (Phi) is 5.87. The summed E-state index contributed by atoms with van der Waals surface area (Å²) in [7, 11) is -4.03. The highest BCUT2D eigenvalue weighted by atomic mass is 32.2. The van der Waals surface area contributed by atoms with Crippen LogP contribution in [0.2, 0.25) is 0 Å². The molecule has 0 aliphatic heterocycles. The number of nitrogens with zero attached hydrogens (tertiary/aromatic N) is 4. The predicted octanol–water partition coefficient (Wildman–Crippen LogP) is 4.90. The minimum atomic E-state index is -4.03. The number of rotatable bonds is 7. The van der Waals surface area contributed by atoms with Gasteiger partial charge in [-0.05, 0) is 36.8 Å². The van der Waals surface area contributed by atoms with Crippen LogP contribution in [-0.2, 0) is 16.6 Å². The topological polar surface area (TPSA) is 103 Å². The van der Waals surface area contributed by atoms with Crippen LogP contribution in [0.25, 0.3) is 23.0 Å². The maximum atomic E-state index is 13.9. The molecule has 0 saturated carbocycles. The predicted molar refractivity (Wildman–Crippen MR) is 128 cm³/mol. The molecule has 0 radical (unpaired) electrons. The van der Waals surface area contributed by atoms with Gasteiger partial charge in [0.1, 0.15) is 16.4 Å². The average Bonchev–Trinajstić information content (AvgIpc) is 3.51. The van der Waals surface area contributed by atoms with Gasteiger partial charge in [-0.2, -0.15) is 4.98 Å². The first-order chi connectivity index (χ1) is 16.9. The molecule has 35 heavy (non-hydrogen) atoms. The standard InChI is InChI=1S/C25H20FN5O3S/c1-17-6-10-19(11-7-17)24-28-25(34-29-24)22-15-31(16-27-22)14-18-8-12-20(13-9-18)30-35(32,33)23-5-3-2-4-21(23)26/h2-13,15-16,30H,14H2,1H3. The first-order valence-corrected chi connectivity index (χ1v) is 12.1. The summed E-state index contributed by atoms with van der Waals surface area (Å²) in [5.41, 5.74) is 3.79.